The second kappa shape index (κ2) is 11.6. The number of hydrogen-bond acceptors (Lipinski definition) is 10. The molecule has 4 heterocycles. The lowest BCUT2D eigenvalue weighted by atomic mass is 10.0. The van der Waals surface area contributed by atoms with Crippen LogP contribution in [0.5, 0.6) is 5.06 Å². The Morgan fingerprint density at radius 1 is 1.24 bits per heavy atom. The van der Waals surface area contributed by atoms with E-state index in [1.165, 1.54) is 11.3 Å². The molecule has 2 atom stereocenters. The first-order valence-electron chi connectivity index (χ1n) is 11.5. The number of rotatable bonds is 7. The molecule has 1 aliphatic rings. The van der Waals surface area contributed by atoms with Crippen molar-refractivity contribution < 1.29 is 23.8 Å². The summed E-state index contributed by atoms with van der Waals surface area (Å²) in [6, 6.07) is -0.273. The minimum atomic E-state index is -0.825. The first-order valence-corrected chi connectivity index (χ1v) is 13.1. The second-order valence-electron chi connectivity index (χ2n) is 8.30. The van der Waals surface area contributed by atoms with Crippen LogP contribution in [0.4, 0.5) is 9.93 Å². The summed E-state index contributed by atoms with van der Waals surface area (Å²) in [6.45, 7) is 6.44. The van der Waals surface area contributed by atoms with E-state index in [2.05, 4.69) is 20.3 Å². The summed E-state index contributed by atoms with van der Waals surface area (Å²) in [7, 11) is 1.58. The quantitative estimate of drug-likeness (QED) is 0.397. The second-order valence-corrected chi connectivity index (χ2v) is 10.00. The van der Waals surface area contributed by atoms with Crippen molar-refractivity contribution in [3.05, 3.63) is 39.5 Å². The molecule has 37 heavy (non-hydrogen) atoms. The van der Waals surface area contributed by atoms with E-state index >= 15 is 0 Å². The third-order valence-corrected chi connectivity index (χ3v) is 7.72. The van der Waals surface area contributed by atoms with Crippen LogP contribution in [0.15, 0.2) is 12.4 Å². The first-order chi connectivity index (χ1) is 17.7. The molecule has 1 amide bonds. The topological polar surface area (TPSA) is 132 Å². The van der Waals surface area contributed by atoms with Crippen molar-refractivity contribution in [3.8, 4) is 16.5 Å². The molecule has 1 saturated heterocycles. The van der Waals surface area contributed by atoms with Gasteiger partial charge in [0.05, 0.1) is 40.7 Å². The lowest BCUT2D eigenvalue weighted by molar-refractivity contribution is 0.0540. The van der Waals surface area contributed by atoms with Crippen molar-refractivity contribution in [3.63, 3.8) is 0 Å². The van der Waals surface area contributed by atoms with Crippen LogP contribution in [0.25, 0.3) is 11.4 Å². The minimum Gasteiger partial charge on any atom is -0.434 e. The normalized spacial score (nSPS) is 17.5. The van der Waals surface area contributed by atoms with Gasteiger partial charge in [0.25, 0.3) is 5.91 Å². The number of anilines is 1. The molecule has 3 aromatic heterocycles. The molecular formula is C23H26Cl2N6O5S. The Labute approximate surface area is 227 Å². The number of H-pyrrole nitrogens is 1. The fraction of sp³-hybridized carbons (Fsp3) is 0.435. The van der Waals surface area contributed by atoms with Crippen LogP contribution in [0.1, 0.15) is 35.2 Å². The molecular weight excluding hydrogens is 543 g/mol. The highest BCUT2D eigenvalue weighted by molar-refractivity contribution is 7.18. The molecule has 4 rings (SSSR count). The smallest absolute Gasteiger partial charge is 0.434 e. The van der Waals surface area contributed by atoms with E-state index in [9.17, 15) is 9.59 Å². The number of halogens is 2. The van der Waals surface area contributed by atoms with Gasteiger partial charge in [-0.3, -0.25) is 14.8 Å². The Bertz CT molecular complexity index is 1280. The zero-order chi connectivity index (χ0) is 26.7. The van der Waals surface area contributed by atoms with E-state index in [1.54, 1.807) is 33.4 Å². The van der Waals surface area contributed by atoms with Crippen LogP contribution in [-0.2, 0) is 9.47 Å². The van der Waals surface area contributed by atoms with Crippen molar-refractivity contribution in [2.45, 2.75) is 39.3 Å². The summed E-state index contributed by atoms with van der Waals surface area (Å²) < 4.78 is 16.1. The molecule has 0 radical (unpaired) electrons. The summed E-state index contributed by atoms with van der Waals surface area (Å²) in [5.74, 6) is -0.361. The summed E-state index contributed by atoms with van der Waals surface area (Å²) in [4.78, 5) is 43.2. The largest absolute Gasteiger partial charge is 0.514 e. The van der Waals surface area contributed by atoms with E-state index in [-0.39, 0.29) is 40.4 Å². The highest BCUT2D eigenvalue weighted by Crippen LogP contribution is 2.40. The zero-order valence-electron chi connectivity index (χ0n) is 20.6. The number of carbonyl (C=O) groups excluding carboxylic acids is 2. The van der Waals surface area contributed by atoms with Gasteiger partial charge in [0.2, 0.25) is 5.06 Å². The maximum absolute atomic E-state index is 12.9. The van der Waals surface area contributed by atoms with Gasteiger partial charge in [-0.05, 0) is 27.2 Å². The van der Waals surface area contributed by atoms with Crippen molar-refractivity contribution in [2.24, 2.45) is 0 Å². The number of ether oxygens (including phenoxy) is 3. The Morgan fingerprint density at radius 2 is 2.03 bits per heavy atom. The number of piperidine rings is 1. The molecule has 0 aliphatic carbocycles. The Morgan fingerprint density at radius 3 is 2.65 bits per heavy atom. The van der Waals surface area contributed by atoms with E-state index in [4.69, 9.17) is 42.4 Å². The van der Waals surface area contributed by atoms with E-state index in [1.807, 2.05) is 11.8 Å². The van der Waals surface area contributed by atoms with Gasteiger partial charge in [0.1, 0.15) is 17.1 Å². The van der Waals surface area contributed by atoms with Gasteiger partial charge in [-0.2, -0.15) is 0 Å². The number of amides is 1. The number of nitrogens with one attached hydrogen (secondary N) is 2. The molecule has 3 aromatic rings. The summed E-state index contributed by atoms with van der Waals surface area (Å²) in [5.41, 5.74) is 2.44. The van der Waals surface area contributed by atoms with Crippen LogP contribution in [0, 0.1) is 13.8 Å². The fourth-order valence-electron chi connectivity index (χ4n) is 3.86. The van der Waals surface area contributed by atoms with E-state index in [0.29, 0.717) is 46.7 Å². The molecule has 0 unspecified atom stereocenters. The van der Waals surface area contributed by atoms with E-state index in [0.717, 1.165) is 5.69 Å². The molecule has 198 valence electrons. The van der Waals surface area contributed by atoms with Gasteiger partial charge in [0, 0.05) is 32.1 Å². The molecule has 2 N–H and O–H groups in total. The van der Waals surface area contributed by atoms with Crippen molar-refractivity contribution in [1.29, 1.82) is 0 Å². The van der Waals surface area contributed by atoms with Crippen molar-refractivity contribution in [1.82, 2.24) is 25.3 Å². The van der Waals surface area contributed by atoms with Crippen LogP contribution in [-0.4, -0.2) is 71.0 Å². The van der Waals surface area contributed by atoms with Gasteiger partial charge in [-0.1, -0.05) is 34.5 Å². The lowest BCUT2D eigenvalue weighted by Gasteiger charge is -2.37. The number of methoxy groups -OCH3 is 1. The third kappa shape index (κ3) is 5.98. The number of thiazole rings is 1. The molecule has 0 spiro atoms. The van der Waals surface area contributed by atoms with Crippen LogP contribution < -0.4 is 15.0 Å². The molecule has 14 heteroatoms. The number of carbonyl (C=O) groups is 2. The Balaban J connectivity index is 1.53. The van der Waals surface area contributed by atoms with Crippen molar-refractivity contribution in [2.75, 3.05) is 31.7 Å². The van der Waals surface area contributed by atoms with Gasteiger partial charge < -0.3 is 29.4 Å². The minimum absolute atomic E-state index is 0.179. The number of aryl methyl sites for hydroxylation is 2. The molecule has 0 saturated carbocycles. The highest BCUT2D eigenvalue weighted by Gasteiger charge is 2.34. The third-order valence-electron chi connectivity index (χ3n) is 5.78. The first kappa shape index (κ1) is 27.1. The monoisotopic (exact) mass is 568 g/mol. The van der Waals surface area contributed by atoms with Gasteiger partial charge in [-0.15, -0.1) is 0 Å². The average Bonchev–Trinajstić information content (AvgIpc) is 3.41. The number of aromatic amines is 1. The molecule has 0 bridgehead atoms. The Kier molecular flexibility index (Phi) is 8.53. The molecule has 11 nitrogen and oxygen atoms in total. The number of nitrogens with zero attached hydrogens (tertiary/aromatic N) is 4. The lowest BCUT2D eigenvalue weighted by Crippen LogP contribution is -2.55. The average molecular weight is 569 g/mol. The molecule has 1 fully saturated rings. The summed E-state index contributed by atoms with van der Waals surface area (Å²) >= 11 is 13.5. The van der Waals surface area contributed by atoms with Crippen LogP contribution >= 0.6 is 34.5 Å². The predicted molar refractivity (Wildman–Crippen MR) is 140 cm³/mol. The summed E-state index contributed by atoms with van der Waals surface area (Å²) in [5, 5.41) is 4.36. The van der Waals surface area contributed by atoms with Crippen LogP contribution in [0.3, 0.4) is 0 Å². The predicted octanol–water partition coefficient (Wildman–Crippen LogP) is 4.41. The molecule has 1 aliphatic heterocycles. The maximum Gasteiger partial charge on any atom is 0.514 e. The fourth-order valence-corrected chi connectivity index (χ4v) is 5.23. The highest BCUT2D eigenvalue weighted by atomic mass is 35.5. The van der Waals surface area contributed by atoms with Crippen molar-refractivity contribution >= 4 is 51.7 Å². The maximum atomic E-state index is 12.9. The van der Waals surface area contributed by atoms with Gasteiger partial charge >= 0.3 is 6.16 Å². The Hall–Kier alpha value is -2.93. The summed E-state index contributed by atoms with van der Waals surface area (Å²) in [6.07, 6.45) is 2.59. The zero-order valence-corrected chi connectivity index (χ0v) is 23.0. The van der Waals surface area contributed by atoms with Crippen LogP contribution in [0.2, 0.25) is 10.0 Å². The molecule has 0 aromatic carbocycles. The SMILES string of the molecule is CCOC(=O)Oc1sc(N2CC[C@@H](NC(=O)c3[nH]c(C)c(Cl)c3Cl)[C@@H](OC)C2)nc1-c1cnc(C)cn1. The standard InChI is InChI=1S/C23H26Cl2N6O5S/c1-5-35-23(33)36-21-18(14-9-26-11(2)8-27-14)30-22(37-21)31-7-6-13(15(10-31)34-4)29-20(32)19-17(25)16(24)12(3)28-19/h8-9,13,15,28H,5-7,10H2,1-4H3,(H,29,32)/t13-,15+/m1/s1. The number of aromatic nitrogens is 4. The van der Waals surface area contributed by atoms with E-state index < -0.39 is 6.16 Å². The van der Waals surface area contributed by atoms with Gasteiger partial charge in [0.15, 0.2) is 5.13 Å². The van der Waals surface area contributed by atoms with Gasteiger partial charge in [-0.25, -0.2) is 9.78 Å². The number of hydrogen-bond donors (Lipinski definition) is 2.